The van der Waals surface area contributed by atoms with Gasteiger partial charge in [-0.2, -0.15) is 0 Å². The van der Waals surface area contributed by atoms with Gasteiger partial charge in [0.25, 0.3) is 0 Å². The van der Waals surface area contributed by atoms with E-state index >= 15 is 0 Å². The van der Waals surface area contributed by atoms with Crippen LogP contribution in [0.3, 0.4) is 0 Å². The van der Waals surface area contributed by atoms with E-state index in [0.29, 0.717) is 0 Å². The van der Waals surface area contributed by atoms with E-state index in [1.807, 2.05) is 0 Å². The average molecular weight is 759 g/mol. The lowest BCUT2D eigenvalue weighted by Gasteiger charge is -2.34. The van der Waals surface area contributed by atoms with Crippen molar-refractivity contribution in [2.75, 3.05) is 14.1 Å². The number of rotatable bonds is 8. The summed E-state index contributed by atoms with van der Waals surface area (Å²) in [5.41, 5.74) is 15.8. The maximum absolute atomic E-state index is 2.45. The smallest absolute Gasteiger partial charge is 0.105 e. The van der Waals surface area contributed by atoms with Crippen molar-refractivity contribution in [3.8, 4) is 44.5 Å². The Morgan fingerprint density at radius 3 is 1.39 bits per heavy atom. The Hall–Kier alpha value is -6.80. The Labute approximate surface area is 348 Å². The third kappa shape index (κ3) is 6.58. The van der Waals surface area contributed by atoms with Crippen molar-refractivity contribution in [2.45, 2.75) is 26.9 Å². The summed E-state index contributed by atoms with van der Waals surface area (Å²) in [5, 5.41) is 10.2. The van der Waals surface area contributed by atoms with Crippen molar-refractivity contribution in [1.29, 1.82) is 0 Å². The molecule has 0 spiro atoms. The standard InChI is InChI=1S/C58H48N/c1-39-31-32-43-23-11-15-27-48(43)55(39)57-47(34-33-44-24-12-16-28-49(44)57)37-59(3,4)38-54-53(42-21-9-6-10-22-42)36-46-26-14-18-30-51(46)58(54)56-40(2)52(41-19-7-5-8-20-41)35-45-25-13-17-29-50(45)56/h5-36H,37-38H2,1-4H3/q+1. The fourth-order valence-corrected chi connectivity index (χ4v) is 9.81. The number of quaternary nitrogens is 1. The first-order chi connectivity index (χ1) is 28.8. The van der Waals surface area contributed by atoms with Gasteiger partial charge in [-0.15, -0.1) is 0 Å². The number of nitrogens with zero attached hydrogens (tertiary/aromatic N) is 1. The highest BCUT2D eigenvalue weighted by Gasteiger charge is 2.28. The Morgan fingerprint density at radius 2 is 0.797 bits per heavy atom. The largest absolute Gasteiger partial charge is 0.321 e. The zero-order valence-electron chi connectivity index (χ0n) is 34.3. The van der Waals surface area contributed by atoms with E-state index in [9.17, 15) is 0 Å². The predicted octanol–water partition coefficient (Wildman–Crippen LogP) is 15.4. The summed E-state index contributed by atoms with van der Waals surface area (Å²) in [6.07, 6.45) is 0. The van der Waals surface area contributed by atoms with Crippen molar-refractivity contribution in [3.63, 3.8) is 0 Å². The second-order valence-corrected chi connectivity index (χ2v) is 16.9. The molecule has 59 heavy (non-hydrogen) atoms. The van der Waals surface area contributed by atoms with E-state index in [4.69, 9.17) is 0 Å². The Bertz CT molecular complexity index is 3190. The molecule has 0 fully saturated rings. The molecule has 0 aliphatic rings. The van der Waals surface area contributed by atoms with Gasteiger partial charge >= 0.3 is 0 Å². The summed E-state index contributed by atoms with van der Waals surface area (Å²) in [7, 11) is 4.85. The van der Waals surface area contributed by atoms with Crippen LogP contribution >= 0.6 is 0 Å². The normalized spacial score (nSPS) is 11.9. The van der Waals surface area contributed by atoms with Crippen LogP contribution in [-0.2, 0) is 13.1 Å². The lowest BCUT2D eigenvalue weighted by atomic mass is 9.81. The van der Waals surface area contributed by atoms with Gasteiger partial charge in [-0.05, 0) is 125 Å². The number of fused-ring (bicyclic) bond motifs is 4. The molecule has 0 aliphatic carbocycles. The van der Waals surface area contributed by atoms with Crippen LogP contribution in [0.25, 0.3) is 87.6 Å². The average Bonchev–Trinajstić information content (AvgIpc) is 3.27. The molecule has 10 aromatic rings. The van der Waals surface area contributed by atoms with Crippen LogP contribution in [0.15, 0.2) is 194 Å². The Balaban J connectivity index is 1.23. The Morgan fingerprint density at radius 1 is 0.356 bits per heavy atom. The molecule has 0 amide bonds. The van der Waals surface area contributed by atoms with Crippen molar-refractivity contribution >= 4 is 43.1 Å². The van der Waals surface area contributed by atoms with Crippen LogP contribution in [0.2, 0.25) is 0 Å². The van der Waals surface area contributed by atoms with E-state index in [0.717, 1.165) is 17.6 Å². The summed E-state index contributed by atoms with van der Waals surface area (Å²) >= 11 is 0. The molecule has 0 bridgehead atoms. The number of benzene rings is 10. The van der Waals surface area contributed by atoms with Crippen molar-refractivity contribution in [3.05, 3.63) is 216 Å². The molecule has 0 atom stereocenters. The maximum atomic E-state index is 2.45. The van der Waals surface area contributed by atoms with Gasteiger partial charge < -0.3 is 4.48 Å². The molecule has 0 saturated carbocycles. The molecule has 0 unspecified atom stereocenters. The quantitative estimate of drug-likeness (QED) is 0.135. The Kier molecular flexibility index (Phi) is 9.20. The molecule has 1 nitrogen and oxygen atoms in total. The van der Waals surface area contributed by atoms with Gasteiger partial charge in [-0.1, -0.05) is 182 Å². The minimum atomic E-state index is 0.760. The van der Waals surface area contributed by atoms with Gasteiger partial charge in [0.05, 0.1) is 14.1 Å². The van der Waals surface area contributed by atoms with E-state index in [-0.39, 0.29) is 0 Å². The monoisotopic (exact) mass is 758 g/mol. The SMILES string of the molecule is Cc1ccc2ccccc2c1-c1c(C[N+](C)(C)Cc2c(-c3ccccc3)cc3ccccc3c2-c2c(C)c(-c3ccccc3)cc3ccccc23)ccc2ccccc12. The van der Waals surface area contributed by atoms with Crippen LogP contribution in [0.5, 0.6) is 0 Å². The van der Waals surface area contributed by atoms with E-state index in [1.165, 1.54) is 110 Å². The first-order valence-corrected chi connectivity index (χ1v) is 20.8. The minimum absolute atomic E-state index is 0.760. The molecular formula is C58H48N+. The van der Waals surface area contributed by atoms with Crippen LogP contribution < -0.4 is 0 Å². The fourth-order valence-electron chi connectivity index (χ4n) is 9.81. The first kappa shape index (κ1) is 36.5. The molecule has 0 N–H and O–H groups in total. The molecule has 0 radical (unpaired) electrons. The number of hydrogen-bond donors (Lipinski definition) is 0. The van der Waals surface area contributed by atoms with Crippen LogP contribution in [0.1, 0.15) is 22.3 Å². The van der Waals surface area contributed by atoms with Gasteiger partial charge in [0.15, 0.2) is 0 Å². The summed E-state index contributed by atoms with van der Waals surface area (Å²) in [4.78, 5) is 0. The molecule has 0 aromatic heterocycles. The van der Waals surface area contributed by atoms with Crippen molar-refractivity contribution in [1.82, 2.24) is 0 Å². The minimum Gasteiger partial charge on any atom is -0.321 e. The summed E-state index contributed by atoms with van der Waals surface area (Å²) in [6, 6.07) is 71.9. The highest BCUT2D eigenvalue weighted by molar-refractivity contribution is 6.12. The van der Waals surface area contributed by atoms with Crippen LogP contribution in [0, 0.1) is 13.8 Å². The molecule has 10 rings (SSSR count). The second kappa shape index (κ2) is 14.9. The van der Waals surface area contributed by atoms with E-state index < -0.39 is 0 Å². The summed E-state index contributed by atoms with van der Waals surface area (Å²) < 4.78 is 0.760. The first-order valence-electron chi connectivity index (χ1n) is 20.8. The highest BCUT2D eigenvalue weighted by atomic mass is 15.3. The zero-order chi connectivity index (χ0) is 40.1. The van der Waals surface area contributed by atoms with Gasteiger partial charge in [-0.3, -0.25) is 0 Å². The van der Waals surface area contributed by atoms with Crippen molar-refractivity contribution < 1.29 is 4.48 Å². The molecule has 0 saturated heterocycles. The van der Waals surface area contributed by atoms with Gasteiger partial charge in [0.1, 0.15) is 13.1 Å². The molecule has 284 valence electrons. The lowest BCUT2D eigenvalue weighted by Crippen LogP contribution is -2.38. The van der Waals surface area contributed by atoms with Gasteiger partial charge in [0, 0.05) is 11.1 Å². The van der Waals surface area contributed by atoms with E-state index in [1.54, 1.807) is 0 Å². The molecule has 0 aliphatic heterocycles. The molecule has 0 heterocycles. The number of aryl methyl sites for hydroxylation is 1. The van der Waals surface area contributed by atoms with Gasteiger partial charge in [0.2, 0.25) is 0 Å². The number of hydrogen-bond acceptors (Lipinski definition) is 0. The van der Waals surface area contributed by atoms with Gasteiger partial charge in [-0.25, -0.2) is 0 Å². The summed E-state index contributed by atoms with van der Waals surface area (Å²) in [5.74, 6) is 0. The van der Waals surface area contributed by atoms with E-state index in [2.05, 4.69) is 222 Å². The zero-order valence-corrected chi connectivity index (χ0v) is 34.3. The highest BCUT2D eigenvalue weighted by Crippen LogP contribution is 2.47. The lowest BCUT2D eigenvalue weighted by molar-refractivity contribution is -0.916. The molecular weight excluding hydrogens is 711 g/mol. The second-order valence-electron chi connectivity index (χ2n) is 16.9. The van der Waals surface area contributed by atoms with Crippen molar-refractivity contribution in [2.24, 2.45) is 0 Å². The third-order valence-corrected chi connectivity index (χ3v) is 12.5. The third-order valence-electron chi connectivity index (χ3n) is 12.5. The predicted molar refractivity (Wildman–Crippen MR) is 254 cm³/mol. The molecule has 1 heteroatoms. The fraction of sp³-hybridized carbons (Fsp3) is 0.103. The maximum Gasteiger partial charge on any atom is 0.105 e. The van der Waals surface area contributed by atoms with Crippen LogP contribution in [0.4, 0.5) is 0 Å². The molecule has 10 aromatic carbocycles. The summed E-state index contributed by atoms with van der Waals surface area (Å²) in [6.45, 7) is 6.30. The van der Waals surface area contributed by atoms with Crippen LogP contribution in [-0.4, -0.2) is 18.6 Å². The topological polar surface area (TPSA) is 0 Å².